The van der Waals surface area contributed by atoms with Gasteiger partial charge in [0.1, 0.15) is 0 Å². The van der Waals surface area contributed by atoms with Gasteiger partial charge in [-0.1, -0.05) is 416 Å². The van der Waals surface area contributed by atoms with E-state index in [1.807, 2.05) is 36.4 Å². The second kappa shape index (κ2) is 32.8. The van der Waals surface area contributed by atoms with Crippen molar-refractivity contribution in [2.75, 3.05) is 9.80 Å². The SMILES string of the molecule is CC1(C)c2cc(-c3nc(-c4ccccc4)nc(-c4ccccc4)n3)ccc2-c2cc3c(ccc4ccccc43)cc2C1(C)C.CC1(C)c2ccccc2-c2ccc(N(c3ccccc3)c3ccc4c(c3)C(C)(C)C(C)(C)c3cc5ccc6ccccc6c5cc3-4)cc21.CC1(C)c2ccccc2-c2ccc(N(c3ccccc3)c3ccc4c(c3)C(C)(C)C(C)(C)c3cc5ccc6ccccc6c5cc3-4)cc2C1(C)C. The van der Waals surface area contributed by atoms with Gasteiger partial charge in [0, 0.05) is 56.2 Å². The zero-order valence-electron chi connectivity index (χ0n) is 85.4. The Hall–Kier alpha value is -15.4. The lowest BCUT2D eigenvalue weighted by Crippen LogP contribution is -2.43. The van der Waals surface area contributed by atoms with Crippen molar-refractivity contribution in [2.24, 2.45) is 0 Å². The molecule has 0 fully saturated rings. The Balaban J connectivity index is 0.000000116. The van der Waals surface area contributed by atoms with Gasteiger partial charge >= 0.3 is 0 Å². The van der Waals surface area contributed by atoms with Gasteiger partial charge in [0.15, 0.2) is 17.5 Å². The third-order valence-corrected chi connectivity index (χ3v) is 36.0. The topological polar surface area (TPSA) is 45.2 Å². The van der Waals surface area contributed by atoms with E-state index in [9.17, 15) is 0 Å². The van der Waals surface area contributed by atoms with Crippen LogP contribution in [-0.2, 0) is 48.7 Å². The van der Waals surface area contributed by atoms with E-state index >= 15 is 0 Å². The fraction of sp³-hybridized carbons (Fsp3) is 0.196. The summed E-state index contributed by atoms with van der Waals surface area (Å²) >= 11 is 0. The van der Waals surface area contributed by atoms with Gasteiger partial charge in [-0.05, 0) is 334 Å². The first-order valence-electron chi connectivity index (χ1n) is 51.1. The van der Waals surface area contributed by atoms with Crippen LogP contribution >= 0.6 is 0 Å². The predicted molar refractivity (Wildman–Crippen MR) is 607 cm³/mol. The first kappa shape index (κ1) is 90.1. The molecule has 143 heavy (non-hydrogen) atoms. The first-order chi connectivity index (χ1) is 68.7. The standard InChI is InChI=1S/C50H47N.C47H41N.C41H33N3/c1-47(2)43-21-15-14-20-38(43)39-26-24-35(29-45(39)49(47,5)6)51(34-17-10-9-11-18-34)36-25-27-40-42-31-41-33(23-22-32-16-12-13-19-37(32)41)28-44(42)48(3,4)50(7,8)46(40)30-36;1-45(2)41-19-13-12-18-36(41)37-24-22-33(27-42(37)45)48(32-15-8-7-9-16-32)34-23-25-38-40-29-39-31(21-20-30-14-10-11-17-35(30)39)26-43(40)46(3,4)47(5,6)44(38)28-34;1-40(2)35-24-30(39-43-37(27-14-7-5-8-15-27)42-38(44-39)28-16-9-6-10-17-28)21-22-32(35)34-25-33-29(23-36(34)41(40,3)4)20-19-26-13-11-12-18-31(26)33/h9-31H,1-8H3;7-29H,1-6H3;5-25H,1-4H3. The average molecular weight is 1850 g/mol. The molecule has 21 aromatic rings. The maximum absolute atomic E-state index is 5.03. The molecule has 5 aliphatic rings. The van der Waals surface area contributed by atoms with Gasteiger partial charge in [-0.2, -0.15) is 0 Å². The summed E-state index contributed by atoms with van der Waals surface area (Å²) in [6.45, 7) is 43.4. The van der Waals surface area contributed by atoms with Gasteiger partial charge in [0.2, 0.25) is 0 Å². The molecule has 0 atom stereocenters. The summed E-state index contributed by atoms with van der Waals surface area (Å²) < 4.78 is 0. The van der Waals surface area contributed by atoms with E-state index in [-0.39, 0.29) is 48.7 Å². The normalized spacial score (nSPS) is 16.1. The lowest BCUT2D eigenvalue weighted by atomic mass is 9.55. The minimum absolute atomic E-state index is 0.0306. The molecule has 0 aliphatic heterocycles. The van der Waals surface area contributed by atoms with Gasteiger partial charge in [-0.15, -0.1) is 0 Å². The monoisotopic (exact) mass is 1850 g/mol. The molecule has 698 valence electrons. The molecule has 0 bridgehead atoms. The van der Waals surface area contributed by atoms with Crippen molar-refractivity contribution >= 4 is 98.8 Å². The Morgan fingerprint density at radius 2 is 0.392 bits per heavy atom. The summed E-state index contributed by atoms with van der Waals surface area (Å²) in [5.41, 5.74) is 36.5. The molecule has 5 nitrogen and oxygen atoms in total. The quantitative estimate of drug-likeness (QED) is 0.135. The van der Waals surface area contributed by atoms with Crippen molar-refractivity contribution in [1.82, 2.24) is 15.0 Å². The number of para-hydroxylation sites is 2. The highest BCUT2D eigenvalue weighted by molar-refractivity contribution is 6.13. The van der Waals surface area contributed by atoms with Gasteiger partial charge < -0.3 is 9.80 Å². The Morgan fingerprint density at radius 1 is 0.147 bits per heavy atom. The van der Waals surface area contributed by atoms with Crippen LogP contribution < -0.4 is 9.80 Å². The third kappa shape index (κ3) is 13.9. The van der Waals surface area contributed by atoms with Crippen molar-refractivity contribution in [1.29, 1.82) is 0 Å². The maximum atomic E-state index is 5.03. The lowest BCUT2D eigenvalue weighted by Gasteiger charge is -2.49. The first-order valence-corrected chi connectivity index (χ1v) is 51.1. The summed E-state index contributed by atoms with van der Waals surface area (Å²) in [6.07, 6.45) is 0. The molecular weight excluding hydrogens is 1730 g/mol. The van der Waals surface area contributed by atoms with Crippen LogP contribution in [0.2, 0.25) is 0 Å². The number of anilines is 6. The van der Waals surface area contributed by atoms with Crippen LogP contribution in [-0.4, -0.2) is 15.0 Å². The summed E-state index contributed by atoms with van der Waals surface area (Å²) in [7, 11) is 0. The largest absolute Gasteiger partial charge is 0.310 e. The van der Waals surface area contributed by atoms with Crippen molar-refractivity contribution in [2.45, 2.75) is 173 Å². The van der Waals surface area contributed by atoms with E-state index < -0.39 is 0 Å². The highest BCUT2D eigenvalue weighted by atomic mass is 15.1. The summed E-state index contributed by atoms with van der Waals surface area (Å²) in [5.74, 6) is 2.04. The molecule has 0 saturated heterocycles. The maximum Gasteiger partial charge on any atom is 0.164 e. The smallest absolute Gasteiger partial charge is 0.164 e. The van der Waals surface area contributed by atoms with Crippen LogP contribution in [0.4, 0.5) is 34.1 Å². The number of rotatable bonds is 9. The van der Waals surface area contributed by atoms with Crippen molar-refractivity contribution in [3.63, 3.8) is 0 Å². The summed E-state index contributed by atoms with van der Waals surface area (Å²) in [5, 5.41) is 15.6. The minimum atomic E-state index is -0.145. The molecule has 1 aromatic heterocycles. The van der Waals surface area contributed by atoms with Gasteiger partial charge in [-0.3, -0.25) is 0 Å². The predicted octanol–water partition coefficient (Wildman–Crippen LogP) is 37.4. The minimum Gasteiger partial charge on any atom is -0.310 e. The zero-order valence-corrected chi connectivity index (χ0v) is 85.4. The van der Waals surface area contributed by atoms with E-state index in [4.69, 9.17) is 15.0 Å². The van der Waals surface area contributed by atoms with Crippen LogP contribution in [0, 0.1) is 0 Å². The van der Waals surface area contributed by atoms with Gasteiger partial charge in [0.25, 0.3) is 0 Å². The molecule has 20 aromatic carbocycles. The fourth-order valence-corrected chi connectivity index (χ4v) is 24.9. The van der Waals surface area contributed by atoms with E-state index in [1.54, 1.807) is 0 Å². The number of nitrogens with zero attached hydrogens (tertiary/aromatic N) is 5. The van der Waals surface area contributed by atoms with Crippen LogP contribution in [0.5, 0.6) is 0 Å². The molecule has 0 saturated carbocycles. The molecule has 0 N–H and O–H groups in total. The van der Waals surface area contributed by atoms with Crippen molar-refractivity contribution in [3.8, 4) is 89.8 Å². The summed E-state index contributed by atoms with van der Waals surface area (Å²) in [6, 6.07) is 150. The van der Waals surface area contributed by atoms with Crippen LogP contribution in [0.3, 0.4) is 0 Å². The number of aromatic nitrogens is 3. The summed E-state index contributed by atoms with van der Waals surface area (Å²) in [4.78, 5) is 19.9. The number of hydrogen-bond donors (Lipinski definition) is 0. The van der Waals surface area contributed by atoms with Crippen LogP contribution in [0.25, 0.3) is 154 Å². The Morgan fingerprint density at radius 3 is 0.755 bits per heavy atom. The lowest BCUT2D eigenvalue weighted by molar-refractivity contribution is 0.299. The highest BCUT2D eigenvalue weighted by Gasteiger charge is 2.51. The fourth-order valence-electron chi connectivity index (χ4n) is 24.9. The molecule has 0 radical (unpaired) electrons. The number of benzene rings is 20. The molecule has 5 heteroatoms. The van der Waals surface area contributed by atoms with Gasteiger partial charge in [0.05, 0.1) is 0 Å². The molecule has 26 rings (SSSR count). The third-order valence-electron chi connectivity index (χ3n) is 36.0. The average Bonchev–Trinajstić information content (AvgIpc) is 1.70. The van der Waals surface area contributed by atoms with E-state index in [0.29, 0.717) is 17.5 Å². The Kier molecular flexibility index (Phi) is 20.7. The van der Waals surface area contributed by atoms with E-state index in [0.717, 1.165) is 28.1 Å². The highest BCUT2D eigenvalue weighted by Crippen LogP contribution is 2.63. The van der Waals surface area contributed by atoms with Crippen molar-refractivity contribution in [3.05, 3.63) is 462 Å². The number of hydrogen-bond acceptors (Lipinski definition) is 5. The number of fused-ring (bicyclic) bond motifs is 24. The van der Waals surface area contributed by atoms with E-state index in [1.165, 1.54) is 199 Å². The Labute approximate surface area is 842 Å². The van der Waals surface area contributed by atoms with Crippen molar-refractivity contribution < 1.29 is 0 Å². The van der Waals surface area contributed by atoms with Crippen LogP contribution in [0.1, 0.15) is 180 Å². The van der Waals surface area contributed by atoms with Crippen LogP contribution in [0.15, 0.2) is 406 Å². The molecule has 5 aliphatic carbocycles. The Bertz CT molecular complexity index is 8730. The molecule has 1 heterocycles. The van der Waals surface area contributed by atoms with Gasteiger partial charge in [-0.25, -0.2) is 15.0 Å². The molecule has 0 amide bonds. The molecule has 0 unspecified atom stereocenters. The molecular formula is C138H121N5. The molecule has 0 spiro atoms. The van der Waals surface area contributed by atoms with E-state index in [2.05, 4.69) is 504 Å². The zero-order chi connectivity index (χ0) is 98.6. The second-order valence-corrected chi connectivity index (χ2v) is 45.5. The second-order valence-electron chi connectivity index (χ2n) is 45.5.